The summed E-state index contributed by atoms with van der Waals surface area (Å²) in [4.78, 5) is 10.5. The molecule has 0 aromatic carbocycles. The highest BCUT2D eigenvalue weighted by Gasteiger charge is 2.12. The van der Waals surface area contributed by atoms with Crippen molar-refractivity contribution in [2.45, 2.75) is 6.54 Å². The Bertz CT molecular complexity index is 532. The third-order valence-electron chi connectivity index (χ3n) is 1.92. The Labute approximate surface area is 98.8 Å². The first-order chi connectivity index (χ1) is 7.56. The topological polar surface area (TPSA) is 94.3 Å². The van der Waals surface area contributed by atoms with Gasteiger partial charge in [-0.25, -0.2) is 4.68 Å². The van der Waals surface area contributed by atoms with Crippen molar-refractivity contribution >= 4 is 27.7 Å². The third kappa shape index (κ3) is 2.08. The van der Waals surface area contributed by atoms with Gasteiger partial charge in [-0.15, -0.1) is 0 Å². The van der Waals surface area contributed by atoms with E-state index < -0.39 is 5.97 Å². The molecule has 0 bridgehead atoms. The lowest BCUT2D eigenvalue weighted by atomic mass is 10.3. The zero-order valence-electron chi connectivity index (χ0n) is 8.05. The lowest BCUT2D eigenvalue weighted by Gasteiger charge is -1.97. The van der Waals surface area contributed by atoms with Crippen LogP contribution in [0.2, 0.25) is 0 Å². The number of rotatable bonds is 3. The summed E-state index contributed by atoms with van der Waals surface area (Å²) < 4.78 is 7.06. The molecule has 2 rings (SSSR count). The summed E-state index contributed by atoms with van der Waals surface area (Å²) in [6.45, 7) is -0.270. The molecule has 84 valence electrons. The number of aliphatic carboxylic acids is 1. The maximum atomic E-state index is 10.5. The number of nitrogens with two attached hydrogens (primary N) is 1. The van der Waals surface area contributed by atoms with E-state index in [4.69, 9.17) is 15.3 Å². The van der Waals surface area contributed by atoms with Crippen LogP contribution in [0.4, 0.5) is 5.82 Å². The van der Waals surface area contributed by atoms with E-state index in [1.54, 1.807) is 18.2 Å². The van der Waals surface area contributed by atoms with E-state index in [2.05, 4.69) is 21.0 Å². The number of carboxylic acid groups (broad SMARTS) is 1. The first-order valence-electron chi connectivity index (χ1n) is 4.37. The van der Waals surface area contributed by atoms with E-state index in [-0.39, 0.29) is 12.4 Å². The Kier molecular flexibility index (Phi) is 2.69. The molecule has 0 spiro atoms. The fourth-order valence-corrected chi connectivity index (χ4v) is 1.56. The summed E-state index contributed by atoms with van der Waals surface area (Å²) in [5.74, 6) is -0.186. The number of anilines is 1. The Balaban J connectivity index is 2.33. The van der Waals surface area contributed by atoms with Crippen molar-refractivity contribution in [2.24, 2.45) is 0 Å². The smallest absolute Gasteiger partial charge is 0.325 e. The summed E-state index contributed by atoms with van der Waals surface area (Å²) in [6.07, 6.45) is 0. The molecule has 0 amide bonds. The minimum Gasteiger partial charge on any atom is -0.480 e. The highest BCUT2D eigenvalue weighted by atomic mass is 79.9. The van der Waals surface area contributed by atoms with E-state index in [0.717, 1.165) is 0 Å². The van der Waals surface area contributed by atoms with Crippen molar-refractivity contribution in [3.8, 4) is 11.5 Å². The second-order valence-corrected chi connectivity index (χ2v) is 3.89. The standard InChI is InChI=1S/C9H8BrN3O3/c10-7-2-1-6(16-7)5-3-8(11)13(12-5)4-9(14)15/h1-3H,4,11H2,(H,14,15). The van der Waals surface area contributed by atoms with Crippen LogP contribution in [-0.4, -0.2) is 20.9 Å². The van der Waals surface area contributed by atoms with Gasteiger partial charge in [0.2, 0.25) is 0 Å². The molecule has 16 heavy (non-hydrogen) atoms. The number of nitrogen functional groups attached to an aromatic ring is 1. The normalized spacial score (nSPS) is 10.6. The number of hydrogen-bond donors (Lipinski definition) is 2. The minimum absolute atomic E-state index is 0.270. The molecule has 2 heterocycles. The van der Waals surface area contributed by atoms with Crippen LogP contribution in [0.1, 0.15) is 0 Å². The fourth-order valence-electron chi connectivity index (χ4n) is 1.26. The number of halogens is 1. The van der Waals surface area contributed by atoms with Gasteiger partial charge in [0, 0.05) is 6.07 Å². The van der Waals surface area contributed by atoms with Gasteiger partial charge in [-0.3, -0.25) is 4.79 Å². The Hall–Kier alpha value is -1.76. The molecule has 0 saturated heterocycles. The number of hydrogen-bond acceptors (Lipinski definition) is 4. The van der Waals surface area contributed by atoms with Crippen LogP contribution in [0.25, 0.3) is 11.5 Å². The molecule has 0 aliphatic rings. The van der Waals surface area contributed by atoms with Crippen molar-refractivity contribution in [2.75, 3.05) is 5.73 Å². The first-order valence-corrected chi connectivity index (χ1v) is 5.16. The maximum Gasteiger partial charge on any atom is 0.325 e. The lowest BCUT2D eigenvalue weighted by Crippen LogP contribution is -2.12. The minimum atomic E-state index is -0.998. The molecule has 0 fully saturated rings. The number of carbonyl (C=O) groups is 1. The molecule has 0 atom stereocenters. The van der Waals surface area contributed by atoms with E-state index in [9.17, 15) is 4.79 Å². The third-order valence-corrected chi connectivity index (χ3v) is 2.35. The van der Waals surface area contributed by atoms with Crippen LogP contribution in [0.15, 0.2) is 27.3 Å². The molecule has 0 radical (unpaired) electrons. The molecule has 7 heteroatoms. The van der Waals surface area contributed by atoms with E-state index >= 15 is 0 Å². The predicted octanol–water partition coefficient (Wildman–Crippen LogP) is 1.57. The van der Waals surface area contributed by atoms with Crippen LogP contribution < -0.4 is 5.73 Å². The summed E-state index contributed by atoms with van der Waals surface area (Å²) >= 11 is 3.17. The van der Waals surface area contributed by atoms with Gasteiger partial charge in [0.05, 0.1) is 0 Å². The van der Waals surface area contributed by atoms with Gasteiger partial charge in [-0.2, -0.15) is 5.10 Å². The molecule has 0 aliphatic heterocycles. The van der Waals surface area contributed by atoms with Crippen molar-refractivity contribution in [3.63, 3.8) is 0 Å². The van der Waals surface area contributed by atoms with Gasteiger partial charge in [0.1, 0.15) is 18.1 Å². The van der Waals surface area contributed by atoms with Crippen LogP contribution in [0.5, 0.6) is 0 Å². The SMILES string of the molecule is Nc1cc(-c2ccc(Br)o2)nn1CC(=O)O. The molecular weight excluding hydrogens is 278 g/mol. The van der Waals surface area contributed by atoms with Gasteiger partial charge in [-0.05, 0) is 28.1 Å². The average molecular weight is 286 g/mol. The monoisotopic (exact) mass is 285 g/mol. The average Bonchev–Trinajstić information content (AvgIpc) is 2.74. The van der Waals surface area contributed by atoms with E-state index in [0.29, 0.717) is 16.1 Å². The molecule has 0 saturated carbocycles. The van der Waals surface area contributed by atoms with Crippen LogP contribution in [0, 0.1) is 0 Å². The lowest BCUT2D eigenvalue weighted by molar-refractivity contribution is -0.137. The second-order valence-electron chi connectivity index (χ2n) is 3.11. The van der Waals surface area contributed by atoms with Crippen molar-refractivity contribution in [1.29, 1.82) is 0 Å². The molecule has 2 aromatic heterocycles. The van der Waals surface area contributed by atoms with E-state index in [1.165, 1.54) is 4.68 Å². The maximum absolute atomic E-state index is 10.5. The summed E-state index contributed by atoms with van der Waals surface area (Å²) in [5, 5.41) is 12.7. The molecule has 3 N–H and O–H groups in total. The second kappa shape index (κ2) is 4.01. The quantitative estimate of drug-likeness (QED) is 0.893. The van der Waals surface area contributed by atoms with Gasteiger partial charge in [0.15, 0.2) is 10.4 Å². The highest BCUT2D eigenvalue weighted by molar-refractivity contribution is 9.10. The van der Waals surface area contributed by atoms with Gasteiger partial charge >= 0.3 is 5.97 Å². The van der Waals surface area contributed by atoms with Crippen molar-refractivity contribution in [3.05, 3.63) is 22.9 Å². The number of carboxylic acids is 1. The summed E-state index contributed by atoms with van der Waals surface area (Å²) in [6, 6.07) is 5.01. The Morgan fingerprint density at radius 2 is 2.38 bits per heavy atom. The van der Waals surface area contributed by atoms with E-state index in [1.807, 2.05) is 0 Å². The number of furan rings is 1. The zero-order valence-corrected chi connectivity index (χ0v) is 9.64. The molecule has 6 nitrogen and oxygen atoms in total. The van der Waals surface area contributed by atoms with Gasteiger partial charge < -0.3 is 15.3 Å². The van der Waals surface area contributed by atoms with Gasteiger partial charge in [0.25, 0.3) is 0 Å². The van der Waals surface area contributed by atoms with Crippen LogP contribution >= 0.6 is 15.9 Å². The number of aromatic nitrogens is 2. The first kappa shape index (κ1) is 10.7. The molecule has 0 unspecified atom stereocenters. The predicted molar refractivity (Wildman–Crippen MR) is 59.7 cm³/mol. The van der Waals surface area contributed by atoms with Crippen molar-refractivity contribution in [1.82, 2.24) is 9.78 Å². The summed E-state index contributed by atoms with van der Waals surface area (Å²) in [7, 11) is 0. The highest BCUT2D eigenvalue weighted by Crippen LogP contribution is 2.25. The van der Waals surface area contributed by atoms with Crippen LogP contribution in [0.3, 0.4) is 0 Å². The zero-order chi connectivity index (χ0) is 11.7. The summed E-state index contributed by atoms with van der Waals surface area (Å²) in [5.41, 5.74) is 6.12. The molecule has 2 aromatic rings. The molecule has 0 aliphatic carbocycles. The fraction of sp³-hybridized carbons (Fsp3) is 0.111. The largest absolute Gasteiger partial charge is 0.480 e. The van der Waals surface area contributed by atoms with Gasteiger partial charge in [-0.1, -0.05) is 0 Å². The number of nitrogens with zero attached hydrogens (tertiary/aromatic N) is 2. The Morgan fingerprint density at radius 3 is 2.94 bits per heavy atom. The van der Waals surface area contributed by atoms with Crippen LogP contribution in [-0.2, 0) is 11.3 Å². The molecular formula is C9H8BrN3O3. The van der Waals surface area contributed by atoms with Crippen molar-refractivity contribution < 1.29 is 14.3 Å². The Morgan fingerprint density at radius 1 is 1.62 bits per heavy atom.